The number of nitrogens with one attached hydrogen (secondary N) is 1. The number of anilines is 1. The second kappa shape index (κ2) is 5.93. The van der Waals surface area contributed by atoms with Crippen molar-refractivity contribution in [1.82, 2.24) is 0 Å². The Labute approximate surface area is 124 Å². The van der Waals surface area contributed by atoms with Gasteiger partial charge in [-0.1, -0.05) is 34.8 Å². The van der Waals surface area contributed by atoms with E-state index in [2.05, 4.69) is 10.5 Å². The van der Waals surface area contributed by atoms with Crippen LogP contribution in [-0.4, -0.2) is 6.21 Å². The van der Waals surface area contributed by atoms with Gasteiger partial charge in [-0.3, -0.25) is 5.43 Å². The van der Waals surface area contributed by atoms with Crippen LogP contribution in [0.2, 0.25) is 15.1 Å². The van der Waals surface area contributed by atoms with Crippen molar-refractivity contribution in [2.24, 2.45) is 5.10 Å². The summed E-state index contributed by atoms with van der Waals surface area (Å²) in [7, 11) is 0. The molecule has 2 aromatic rings. The van der Waals surface area contributed by atoms with E-state index < -0.39 is 0 Å². The van der Waals surface area contributed by atoms with E-state index in [1.165, 1.54) is 5.56 Å². The Hall–Kier alpha value is -0.740. The second-order valence-corrected chi connectivity index (χ2v) is 5.78. The predicted molar refractivity (Wildman–Crippen MR) is 81.7 cm³/mol. The first-order chi connectivity index (χ1) is 8.58. The van der Waals surface area contributed by atoms with Crippen molar-refractivity contribution in [3.05, 3.63) is 49.1 Å². The van der Waals surface area contributed by atoms with Gasteiger partial charge in [-0.25, -0.2) is 0 Å². The second-order valence-electron chi connectivity index (χ2n) is 3.58. The lowest BCUT2D eigenvalue weighted by Gasteiger charge is -2.06. The van der Waals surface area contributed by atoms with E-state index in [1.807, 2.05) is 18.4 Å². The minimum Gasteiger partial charge on any atom is -0.275 e. The summed E-state index contributed by atoms with van der Waals surface area (Å²) in [4.78, 5) is 1.09. The SMILES string of the molecule is Cc1ccsc1/C=N\Nc1c(Cl)cc(Cl)cc1Cl. The zero-order valence-electron chi connectivity index (χ0n) is 9.38. The fraction of sp³-hybridized carbons (Fsp3) is 0.0833. The molecule has 2 nitrogen and oxygen atoms in total. The van der Waals surface area contributed by atoms with Crippen molar-refractivity contribution in [2.45, 2.75) is 6.92 Å². The molecule has 0 radical (unpaired) electrons. The summed E-state index contributed by atoms with van der Waals surface area (Å²) in [5.41, 5.74) is 4.56. The van der Waals surface area contributed by atoms with Gasteiger partial charge in [0.25, 0.3) is 0 Å². The normalized spacial score (nSPS) is 11.1. The lowest BCUT2D eigenvalue weighted by atomic mass is 10.3. The molecule has 0 fully saturated rings. The number of nitrogens with zero attached hydrogens (tertiary/aromatic N) is 1. The number of hydrogen-bond donors (Lipinski definition) is 1. The first kappa shape index (κ1) is 13.7. The molecule has 94 valence electrons. The Morgan fingerprint density at radius 3 is 2.44 bits per heavy atom. The van der Waals surface area contributed by atoms with Crippen molar-refractivity contribution in [3.8, 4) is 0 Å². The Morgan fingerprint density at radius 2 is 1.89 bits per heavy atom. The minimum atomic E-state index is 0.438. The fourth-order valence-electron chi connectivity index (χ4n) is 1.32. The molecule has 0 aliphatic carbocycles. The Kier molecular flexibility index (Phi) is 4.51. The van der Waals surface area contributed by atoms with Gasteiger partial charge in [0, 0.05) is 9.90 Å². The molecule has 1 heterocycles. The standard InChI is InChI=1S/C12H9Cl3N2S/c1-7-2-3-18-11(7)6-16-17-12-9(14)4-8(13)5-10(12)15/h2-6,17H,1H3/b16-6-. The first-order valence-corrected chi connectivity index (χ1v) is 7.07. The van der Waals surface area contributed by atoms with Crippen molar-refractivity contribution < 1.29 is 0 Å². The minimum absolute atomic E-state index is 0.438. The molecule has 0 amide bonds. The van der Waals surface area contributed by atoms with Gasteiger partial charge < -0.3 is 0 Å². The fourth-order valence-corrected chi connectivity index (χ4v) is 3.01. The van der Waals surface area contributed by atoms with Gasteiger partial charge in [0.2, 0.25) is 0 Å². The summed E-state index contributed by atoms with van der Waals surface area (Å²) in [6.07, 6.45) is 1.74. The van der Waals surface area contributed by atoms with Gasteiger partial charge in [-0.05, 0) is 36.1 Å². The van der Waals surface area contributed by atoms with Gasteiger partial charge in [0.15, 0.2) is 0 Å². The Bertz CT molecular complexity index is 570. The molecule has 18 heavy (non-hydrogen) atoms. The van der Waals surface area contributed by atoms with Crippen molar-refractivity contribution in [3.63, 3.8) is 0 Å². The number of thiophene rings is 1. The third-order valence-electron chi connectivity index (χ3n) is 2.27. The van der Waals surface area contributed by atoms with Crippen LogP contribution < -0.4 is 5.43 Å². The molecule has 6 heteroatoms. The van der Waals surface area contributed by atoms with Crippen LogP contribution in [0.15, 0.2) is 28.7 Å². The van der Waals surface area contributed by atoms with E-state index >= 15 is 0 Å². The summed E-state index contributed by atoms with van der Waals surface area (Å²) in [6.45, 7) is 2.03. The maximum Gasteiger partial charge on any atom is 0.0935 e. The van der Waals surface area contributed by atoms with Gasteiger partial charge in [-0.15, -0.1) is 11.3 Å². The van der Waals surface area contributed by atoms with Crippen molar-refractivity contribution in [2.75, 3.05) is 5.43 Å². The molecule has 0 aliphatic heterocycles. The van der Waals surface area contributed by atoms with Gasteiger partial charge in [0.05, 0.1) is 21.9 Å². The number of benzene rings is 1. The molecule has 0 saturated carbocycles. The molecular weight excluding hydrogens is 311 g/mol. The Balaban J connectivity index is 2.16. The Morgan fingerprint density at radius 1 is 1.22 bits per heavy atom. The number of aryl methyl sites for hydroxylation is 1. The highest BCUT2D eigenvalue weighted by molar-refractivity contribution is 7.11. The van der Waals surface area contributed by atoms with Gasteiger partial charge in [-0.2, -0.15) is 5.10 Å². The molecule has 1 aromatic heterocycles. The number of halogens is 3. The molecule has 0 unspecified atom stereocenters. The molecule has 0 atom stereocenters. The van der Waals surface area contributed by atoms with Gasteiger partial charge >= 0.3 is 0 Å². The van der Waals surface area contributed by atoms with Gasteiger partial charge in [0.1, 0.15) is 0 Å². The molecule has 0 saturated heterocycles. The highest BCUT2D eigenvalue weighted by Gasteiger charge is 2.06. The maximum absolute atomic E-state index is 6.02. The molecule has 1 aromatic carbocycles. The van der Waals surface area contributed by atoms with Crippen LogP contribution in [0.1, 0.15) is 10.4 Å². The van der Waals surface area contributed by atoms with E-state index in [0.29, 0.717) is 20.8 Å². The van der Waals surface area contributed by atoms with Crippen LogP contribution in [0.5, 0.6) is 0 Å². The monoisotopic (exact) mass is 318 g/mol. The van der Waals surface area contributed by atoms with E-state index in [9.17, 15) is 0 Å². The largest absolute Gasteiger partial charge is 0.275 e. The van der Waals surface area contributed by atoms with Crippen LogP contribution in [0.4, 0.5) is 5.69 Å². The number of hydrazone groups is 1. The molecule has 0 spiro atoms. The van der Waals surface area contributed by atoms with Crippen LogP contribution in [0.25, 0.3) is 0 Å². The summed E-state index contributed by atoms with van der Waals surface area (Å²) in [5, 5.41) is 7.50. The van der Waals surface area contributed by atoms with E-state index in [1.54, 1.807) is 29.7 Å². The summed E-state index contributed by atoms with van der Waals surface area (Å²) in [5.74, 6) is 0. The number of rotatable bonds is 3. The average Bonchev–Trinajstić information content (AvgIpc) is 2.68. The van der Waals surface area contributed by atoms with Crippen LogP contribution in [0, 0.1) is 6.92 Å². The maximum atomic E-state index is 6.02. The smallest absolute Gasteiger partial charge is 0.0935 e. The van der Waals surface area contributed by atoms with E-state index in [-0.39, 0.29) is 0 Å². The molecule has 0 bridgehead atoms. The average molecular weight is 320 g/mol. The predicted octanol–water partition coefficient (Wildman–Crippen LogP) is 5.46. The quantitative estimate of drug-likeness (QED) is 0.589. The van der Waals surface area contributed by atoms with Crippen LogP contribution in [-0.2, 0) is 0 Å². The summed E-state index contributed by atoms with van der Waals surface area (Å²) < 4.78 is 0. The van der Waals surface area contributed by atoms with E-state index in [4.69, 9.17) is 34.8 Å². The lowest BCUT2D eigenvalue weighted by molar-refractivity contribution is 1.35. The molecule has 2 rings (SSSR count). The third-order valence-corrected chi connectivity index (χ3v) is 4.03. The van der Waals surface area contributed by atoms with Crippen molar-refractivity contribution in [1.29, 1.82) is 0 Å². The van der Waals surface area contributed by atoms with Crippen LogP contribution in [0.3, 0.4) is 0 Å². The molecule has 0 aliphatic rings. The number of hydrogen-bond acceptors (Lipinski definition) is 3. The zero-order chi connectivity index (χ0) is 13.1. The van der Waals surface area contributed by atoms with E-state index in [0.717, 1.165) is 4.88 Å². The van der Waals surface area contributed by atoms with Crippen molar-refractivity contribution >= 4 is 58.0 Å². The molecule has 1 N–H and O–H groups in total. The van der Waals surface area contributed by atoms with Crippen LogP contribution >= 0.6 is 46.1 Å². The lowest BCUT2D eigenvalue weighted by Crippen LogP contribution is -1.92. The highest BCUT2D eigenvalue weighted by Crippen LogP contribution is 2.33. The zero-order valence-corrected chi connectivity index (χ0v) is 12.5. The highest BCUT2D eigenvalue weighted by atomic mass is 35.5. The third kappa shape index (κ3) is 3.18. The summed E-state index contributed by atoms with van der Waals surface area (Å²) in [6, 6.07) is 5.26. The summed E-state index contributed by atoms with van der Waals surface area (Å²) >= 11 is 19.5. The first-order valence-electron chi connectivity index (χ1n) is 5.05. The molecular formula is C12H9Cl3N2S. The topological polar surface area (TPSA) is 24.4 Å².